The largest absolute Gasteiger partial charge is 0.382 e. The van der Waals surface area contributed by atoms with Crippen LogP contribution in [0.5, 0.6) is 0 Å². The highest BCUT2D eigenvalue weighted by Gasteiger charge is 2.41. The average Bonchev–Trinajstić information content (AvgIpc) is 2.50. The van der Waals surface area contributed by atoms with Gasteiger partial charge in [-0.25, -0.2) is 0 Å². The second kappa shape index (κ2) is 7.54. The first-order chi connectivity index (χ1) is 10.2. The number of methoxy groups -OCH3 is 2. The van der Waals surface area contributed by atoms with Crippen LogP contribution in [0.3, 0.4) is 0 Å². The number of amides is 1. The Bertz CT molecular complexity index is 439. The van der Waals surface area contributed by atoms with Crippen LogP contribution in [0.1, 0.15) is 12.8 Å². The van der Waals surface area contributed by atoms with E-state index < -0.39 is 0 Å². The van der Waals surface area contributed by atoms with Crippen molar-refractivity contribution in [3.63, 3.8) is 0 Å². The fourth-order valence-corrected chi connectivity index (χ4v) is 3.04. The van der Waals surface area contributed by atoms with Gasteiger partial charge >= 0.3 is 0 Å². The summed E-state index contributed by atoms with van der Waals surface area (Å²) < 4.78 is 10.5. The molecule has 0 atom stereocenters. The summed E-state index contributed by atoms with van der Waals surface area (Å²) in [6, 6.07) is 9.78. The lowest BCUT2D eigenvalue weighted by Gasteiger charge is -2.46. The molecule has 1 N–H and O–H groups in total. The lowest BCUT2D eigenvalue weighted by atomic mass is 9.86. The molecule has 116 valence electrons. The number of rotatable bonds is 6. The molecule has 2 rings (SSSR count). The maximum absolute atomic E-state index is 12.6. The molecule has 1 amide bonds. The van der Waals surface area contributed by atoms with Crippen LogP contribution in [0.25, 0.3) is 0 Å². The van der Waals surface area contributed by atoms with E-state index in [1.165, 1.54) is 0 Å². The van der Waals surface area contributed by atoms with Crippen molar-refractivity contribution in [3.8, 4) is 0 Å². The highest BCUT2D eigenvalue weighted by Crippen LogP contribution is 2.32. The molecule has 0 radical (unpaired) electrons. The molecule has 5 heteroatoms. The van der Waals surface area contributed by atoms with Gasteiger partial charge in [0.15, 0.2) is 0 Å². The Labute approximate surface area is 126 Å². The number of nitrogens with one attached hydrogen (secondary N) is 1. The van der Waals surface area contributed by atoms with E-state index in [1.807, 2.05) is 35.2 Å². The van der Waals surface area contributed by atoms with Crippen molar-refractivity contribution in [3.05, 3.63) is 30.3 Å². The Kier molecular flexibility index (Phi) is 5.73. The summed E-state index contributed by atoms with van der Waals surface area (Å²) in [6.45, 7) is 2.37. The number of hydrogen-bond acceptors (Lipinski definition) is 4. The Morgan fingerprint density at radius 1 is 1.19 bits per heavy atom. The number of benzene rings is 1. The summed E-state index contributed by atoms with van der Waals surface area (Å²) in [6.07, 6.45) is 1.73. The average molecular weight is 292 g/mol. The molecular formula is C16H24N2O3. The molecule has 1 heterocycles. The van der Waals surface area contributed by atoms with Crippen LogP contribution in [0.2, 0.25) is 0 Å². The van der Waals surface area contributed by atoms with Gasteiger partial charge in [0.2, 0.25) is 0 Å². The molecule has 1 fully saturated rings. The molecule has 0 bridgehead atoms. The summed E-state index contributed by atoms with van der Waals surface area (Å²) in [5, 5.41) is 3.35. The van der Waals surface area contributed by atoms with Crippen LogP contribution in [-0.2, 0) is 14.3 Å². The van der Waals surface area contributed by atoms with Gasteiger partial charge in [-0.05, 0) is 38.1 Å². The Morgan fingerprint density at radius 3 is 2.43 bits per heavy atom. The van der Waals surface area contributed by atoms with E-state index in [0.29, 0.717) is 6.61 Å². The van der Waals surface area contributed by atoms with Crippen LogP contribution in [0.4, 0.5) is 5.69 Å². The lowest BCUT2D eigenvalue weighted by Crippen LogP contribution is -2.60. The molecule has 0 aromatic heterocycles. The SMILES string of the molecule is COCC(=O)N(c1ccccc1)C1(COC)CCNCC1. The Balaban J connectivity index is 2.38. The summed E-state index contributed by atoms with van der Waals surface area (Å²) >= 11 is 0. The van der Waals surface area contributed by atoms with Crippen molar-refractivity contribution >= 4 is 11.6 Å². The van der Waals surface area contributed by atoms with Crippen molar-refractivity contribution in [2.75, 3.05) is 45.4 Å². The highest BCUT2D eigenvalue weighted by molar-refractivity contribution is 5.95. The number of piperidine rings is 1. The third-order valence-corrected chi connectivity index (χ3v) is 3.95. The maximum Gasteiger partial charge on any atom is 0.253 e. The van der Waals surface area contributed by atoms with Gasteiger partial charge in [-0.3, -0.25) is 4.79 Å². The zero-order chi connectivity index (χ0) is 15.1. The van der Waals surface area contributed by atoms with Gasteiger partial charge in [-0.1, -0.05) is 18.2 Å². The molecule has 0 unspecified atom stereocenters. The number of carbonyl (C=O) groups is 1. The molecule has 1 saturated heterocycles. The number of ether oxygens (including phenoxy) is 2. The van der Waals surface area contributed by atoms with E-state index in [1.54, 1.807) is 14.2 Å². The Hall–Kier alpha value is -1.43. The number of hydrogen-bond donors (Lipinski definition) is 1. The third kappa shape index (κ3) is 3.61. The summed E-state index contributed by atoms with van der Waals surface area (Å²) in [7, 11) is 3.24. The van der Waals surface area contributed by atoms with E-state index in [9.17, 15) is 4.79 Å². The molecule has 1 aromatic rings. The topological polar surface area (TPSA) is 50.8 Å². The molecule has 5 nitrogen and oxygen atoms in total. The first kappa shape index (κ1) is 15.9. The molecule has 1 aliphatic heterocycles. The van der Waals surface area contributed by atoms with Crippen LogP contribution in [0.15, 0.2) is 30.3 Å². The second-order valence-electron chi connectivity index (χ2n) is 5.41. The van der Waals surface area contributed by atoms with Gasteiger partial charge in [-0.2, -0.15) is 0 Å². The standard InChI is InChI=1S/C16H24N2O3/c1-20-12-15(19)18(14-6-4-3-5-7-14)16(13-21-2)8-10-17-11-9-16/h3-7,17H,8-13H2,1-2H3. The monoisotopic (exact) mass is 292 g/mol. The molecule has 1 aromatic carbocycles. The van der Waals surface area contributed by atoms with Crippen LogP contribution in [-0.4, -0.2) is 52.0 Å². The zero-order valence-corrected chi connectivity index (χ0v) is 12.8. The number of para-hydroxylation sites is 1. The van der Waals surface area contributed by atoms with Gasteiger partial charge in [0.25, 0.3) is 5.91 Å². The third-order valence-electron chi connectivity index (χ3n) is 3.95. The fraction of sp³-hybridized carbons (Fsp3) is 0.562. The first-order valence-electron chi connectivity index (χ1n) is 7.30. The molecule has 0 saturated carbocycles. The molecule has 21 heavy (non-hydrogen) atoms. The Morgan fingerprint density at radius 2 is 1.86 bits per heavy atom. The van der Waals surface area contributed by atoms with Gasteiger partial charge in [0, 0.05) is 19.9 Å². The van der Waals surface area contributed by atoms with Crippen LogP contribution in [0, 0.1) is 0 Å². The fourth-order valence-electron chi connectivity index (χ4n) is 3.04. The molecule has 1 aliphatic rings. The molecule has 0 aliphatic carbocycles. The zero-order valence-electron chi connectivity index (χ0n) is 12.8. The van der Waals surface area contributed by atoms with Crippen LogP contribution < -0.4 is 10.2 Å². The molecule has 0 spiro atoms. The van der Waals surface area contributed by atoms with E-state index in [0.717, 1.165) is 31.6 Å². The van der Waals surface area contributed by atoms with Gasteiger partial charge < -0.3 is 19.7 Å². The number of carbonyl (C=O) groups excluding carboxylic acids is 1. The quantitative estimate of drug-likeness (QED) is 0.862. The van der Waals surface area contributed by atoms with Crippen molar-refractivity contribution in [1.29, 1.82) is 0 Å². The summed E-state index contributed by atoms with van der Waals surface area (Å²) in [5.41, 5.74) is 0.593. The second-order valence-corrected chi connectivity index (χ2v) is 5.41. The van der Waals surface area contributed by atoms with Crippen molar-refractivity contribution in [1.82, 2.24) is 5.32 Å². The lowest BCUT2D eigenvalue weighted by molar-refractivity contribution is -0.124. The maximum atomic E-state index is 12.6. The van der Waals surface area contributed by atoms with Gasteiger partial charge in [-0.15, -0.1) is 0 Å². The van der Waals surface area contributed by atoms with E-state index in [-0.39, 0.29) is 18.1 Å². The number of anilines is 1. The van der Waals surface area contributed by atoms with Crippen molar-refractivity contribution in [2.45, 2.75) is 18.4 Å². The minimum atomic E-state index is -0.309. The summed E-state index contributed by atoms with van der Waals surface area (Å²) in [4.78, 5) is 14.5. The first-order valence-corrected chi connectivity index (χ1v) is 7.30. The number of nitrogens with zero attached hydrogens (tertiary/aromatic N) is 1. The van der Waals surface area contributed by atoms with Gasteiger partial charge in [0.05, 0.1) is 12.1 Å². The van der Waals surface area contributed by atoms with E-state index in [2.05, 4.69) is 5.32 Å². The van der Waals surface area contributed by atoms with Crippen molar-refractivity contribution in [2.24, 2.45) is 0 Å². The smallest absolute Gasteiger partial charge is 0.253 e. The van der Waals surface area contributed by atoms with Gasteiger partial charge in [0.1, 0.15) is 6.61 Å². The summed E-state index contributed by atoms with van der Waals surface area (Å²) in [5.74, 6) is -0.0253. The van der Waals surface area contributed by atoms with E-state index in [4.69, 9.17) is 9.47 Å². The minimum Gasteiger partial charge on any atom is -0.382 e. The predicted molar refractivity (Wildman–Crippen MR) is 82.5 cm³/mol. The predicted octanol–water partition coefficient (Wildman–Crippen LogP) is 1.43. The molecular weight excluding hydrogens is 268 g/mol. The van der Waals surface area contributed by atoms with Crippen LogP contribution >= 0.6 is 0 Å². The minimum absolute atomic E-state index is 0.0253. The van der Waals surface area contributed by atoms with E-state index >= 15 is 0 Å². The highest BCUT2D eigenvalue weighted by atomic mass is 16.5. The van der Waals surface area contributed by atoms with Crippen molar-refractivity contribution < 1.29 is 14.3 Å². The normalized spacial score (nSPS) is 17.4.